The van der Waals surface area contributed by atoms with Gasteiger partial charge < -0.3 is 15.5 Å². The molecule has 0 aliphatic carbocycles. The summed E-state index contributed by atoms with van der Waals surface area (Å²) in [7, 11) is 1.71. The average Bonchev–Trinajstić information content (AvgIpc) is 3.32. The monoisotopic (exact) mass is 431 g/mol. The zero-order valence-corrected chi connectivity index (χ0v) is 16.8. The third-order valence-corrected chi connectivity index (χ3v) is 5.66. The number of guanidine groups is 1. The molecule has 0 spiro atoms. The van der Waals surface area contributed by atoms with Gasteiger partial charge in [-0.1, -0.05) is 17.7 Å². The summed E-state index contributed by atoms with van der Waals surface area (Å²) >= 11 is 7.77. The summed E-state index contributed by atoms with van der Waals surface area (Å²) < 4.78 is 38.3. The molecule has 1 aliphatic heterocycles. The van der Waals surface area contributed by atoms with Gasteiger partial charge in [-0.05, 0) is 30.4 Å². The molecule has 0 bridgehead atoms. The number of hydrogen-bond acceptors (Lipinski definition) is 4. The average molecular weight is 432 g/mol. The number of nitrogens with one attached hydrogen (secondary N) is 2. The molecule has 152 valence electrons. The van der Waals surface area contributed by atoms with Crippen molar-refractivity contribution in [3.05, 3.63) is 45.2 Å². The molecule has 3 rings (SSSR count). The maximum atomic E-state index is 12.8. The molecule has 0 saturated carbocycles. The predicted molar refractivity (Wildman–Crippen MR) is 107 cm³/mol. The lowest BCUT2D eigenvalue weighted by molar-refractivity contribution is -0.137. The Hall–Kier alpha value is -2.00. The summed E-state index contributed by atoms with van der Waals surface area (Å²) in [6.07, 6.45) is -1.90. The summed E-state index contributed by atoms with van der Waals surface area (Å²) in [6, 6.07) is 5.15. The topological polar surface area (TPSA) is 52.6 Å². The van der Waals surface area contributed by atoms with Crippen LogP contribution in [-0.2, 0) is 12.6 Å². The van der Waals surface area contributed by atoms with Crippen LogP contribution in [-0.4, -0.2) is 43.7 Å². The summed E-state index contributed by atoms with van der Waals surface area (Å²) in [6.45, 7) is 2.01. The number of thiophene rings is 1. The van der Waals surface area contributed by atoms with Crippen LogP contribution in [0, 0.1) is 0 Å². The lowest BCUT2D eigenvalue weighted by atomic mass is 10.2. The highest BCUT2D eigenvalue weighted by Gasteiger charge is 2.33. The first-order valence-electron chi connectivity index (χ1n) is 8.84. The molecule has 1 fully saturated rings. The van der Waals surface area contributed by atoms with Gasteiger partial charge in [-0.25, -0.2) is 4.98 Å². The van der Waals surface area contributed by atoms with E-state index in [9.17, 15) is 13.2 Å². The van der Waals surface area contributed by atoms with E-state index in [0.29, 0.717) is 24.9 Å². The minimum absolute atomic E-state index is 0.00827. The van der Waals surface area contributed by atoms with E-state index in [4.69, 9.17) is 11.6 Å². The highest BCUT2D eigenvalue weighted by Crippen LogP contribution is 2.34. The van der Waals surface area contributed by atoms with Gasteiger partial charge in [0.2, 0.25) is 0 Å². The number of anilines is 1. The Morgan fingerprint density at radius 3 is 2.93 bits per heavy atom. The zero-order chi connectivity index (χ0) is 20.1. The van der Waals surface area contributed by atoms with Gasteiger partial charge in [0.05, 0.1) is 10.6 Å². The fourth-order valence-electron chi connectivity index (χ4n) is 3.04. The third-order valence-electron chi connectivity index (χ3n) is 4.45. The van der Waals surface area contributed by atoms with Crippen molar-refractivity contribution in [1.29, 1.82) is 0 Å². The molecule has 10 heteroatoms. The van der Waals surface area contributed by atoms with Crippen molar-refractivity contribution < 1.29 is 13.2 Å². The van der Waals surface area contributed by atoms with Gasteiger partial charge in [-0.3, -0.25) is 4.99 Å². The van der Waals surface area contributed by atoms with Crippen molar-refractivity contribution in [1.82, 2.24) is 15.6 Å². The number of nitrogens with zero attached hydrogens (tertiary/aromatic N) is 3. The Morgan fingerprint density at radius 2 is 2.29 bits per heavy atom. The van der Waals surface area contributed by atoms with E-state index in [2.05, 4.69) is 32.1 Å². The van der Waals surface area contributed by atoms with Gasteiger partial charge in [-0.2, -0.15) is 13.2 Å². The summed E-state index contributed by atoms with van der Waals surface area (Å²) in [4.78, 5) is 11.4. The van der Waals surface area contributed by atoms with E-state index in [-0.39, 0.29) is 11.1 Å². The van der Waals surface area contributed by atoms with Crippen LogP contribution in [0.25, 0.3) is 0 Å². The number of rotatable bonds is 5. The number of aliphatic imine (C=N–C) groups is 1. The molecule has 1 aliphatic rings. The Kier molecular flexibility index (Phi) is 6.66. The summed E-state index contributed by atoms with van der Waals surface area (Å²) in [5.74, 6) is 1.08. The number of hydrogen-bond donors (Lipinski definition) is 2. The molecule has 1 atom stereocenters. The molecule has 28 heavy (non-hydrogen) atoms. The fraction of sp³-hybridized carbons (Fsp3) is 0.444. The van der Waals surface area contributed by atoms with Gasteiger partial charge in [0.1, 0.15) is 5.82 Å². The second-order valence-corrected chi connectivity index (χ2v) is 7.87. The van der Waals surface area contributed by atoms with E-state index in [1.54, 1.807) is 18.4 Å². The molecule has 1 saturated heterocycles. The van der Waals surface area contributed by atoms with Crippen LogP contribution in [0.4, 0.5) is 19.0 Å². The van der Waals surface area contributed by atoms with Crippen LogP contribution < -0.4 is 15.5 Å². The highest BCUT2D eigenvalue weighted by molar-refractivity contribution is 7.09. The van der Waals surface area contributed by atoms with Crippen LogP contribution in [0.15, 0.2) is 34.8 Å². The molecule has 1 unspecified atom stereocenters. The van der Waals surface area contributed by atoms with E-state index in [1.165, 1.54) is 4.88 Å². The fourth-order valence-corrected chi connectivity index (χ4v) is 4.03. The second-order valence-electron chi connectivity index (χ2n) is 6.43. The van der Waals surface area contributed by atoms with Gasteiger partial charge in [0, 0.05) is 43.8 Å². The first-order valence-corrected chi connectivity index (χ1v) is 10.1. The van der Waals surface area contributed by atoms with E-state index >= 15 is 0 Å². The van der Waals surface area contributed by atoms with Gasteiger partial charge >= 0.3 is 6.18 Å². The molecule has 0 aromatic carbocycles. The summed E-state index contributed by atoms with van der Waals surface area (Å²) in [5.41, 5.74) is -0.842. The molecule has 2 N–H and O–H groups in total. The Morgan fingerprint density at radius 1 is 1.46 bits per heavy atom. The highest BCUT2D eigenvalue weighted by atomic mass is 35.5. The molecule has 0 amide bonds. The van der Waals surface area contributed by atoms with Crippen molar-refractivity contribution in [3.8, 4) is 0 Å². The van der Waals surface area contributed by atoms with Gasteiger partial charge in [-0.15, -0.1) is 11.3 Å². The normalized spacial score (nSPS) is 17.8. The minimum Gasteiger partial charge on any atom is -0.356 e. The zero-order valence-electron chi connectivity index (χ0n) is 15.3. The molecule has 2 aromatic rings. The van der Waals surface area contributed by atoms with Crippen molar-refractivity contribution in [2.45, 2.75) is 25.1 Å². The predicted octanol–water partition coefficient (Wildman–Crippen LogP) is 3.80. The number of aromatic nitrogens is 1. The first-order chi connectivity index (χ1) is 13.4. The first kappa shape index (κ1) is 20.7. The molecule has 0 radical (unpaired) electrons. The van der Waals surface area contributed by atoms with Crippen molar-refractivity contribution in [3.63, 3.8) is 0 Å². The van der Waals surface area contributed by atoms with Crippen molar-refractivity contribution in [2.75, 3.05) is 31.6 Å². The minimum atomic E-state index is -4.45. The Bertz CT molecular complexity index is 810. The van der Waals surface area contributed by atoms with E-state index < -0.39 is 11.7 Å². The molecule has 2 aromatic heterocycles. The second kappa shape index (κ2) is 9.00. The molecule has 5 nitrogen and oxygen atoms in total. The lowest BCUT2D eigenvalue weighted by Crippen LogP contribution is -2.45. The van der Waals surface area contributed by atoms with Gasteiger partial charge in [0.15, 0.2) is 5.96 Å². The maximum absolute atomic E-state index is 12.8. The van der Waals surface area contributed by atoms with E-state index in [1.807, 2.05) is 11.0 Å². The molecule has 3 heterocycles. The number of halogens is 4. The largest absolute Gasteiger partial charge is 0.417 e. The number of pyridine rings is 1. The SMILES string of the molecule is CN=C(NCCc1cccs1)NC1CCN(c2ncc(C(F)(F)F)cc2Cl)C1. The standard InChI is InChI=1S/C18H21ClF3N5S/c1-23-17(24-6-4-14-3-2-8-28-14)26-13-5-7-27(11-13)16-15(19)9-12(10-25-16)18(20,21)22/h2-3,8-10,13H,4-7,11H2,1H3,(H2,23,24,26). The third kappa shape index (κ3) is 5.29. The summed E-state index contributed by atoms with van der Waals surface area (Å²) in [5, 5.41) is 8.70. The van der Waals surface area contributed by atoms with Crippen LogP contribution >= 0.6 is 22.9 Å². The van der Waals surface area contributed by atoms with Crippen LogP contribution in [0.2, 0.25) is 5.02 Å². The Labute approximate surface area is 170 Å². The Balaban J connectivity index is 1.53. The smallest absolute Gasteiger partial charge is 0.356 e. The van der Waals surface area contributed by atoms with Gasteiger partial charge in [0.25, 0.3) is 0 Å². The lowest BCUT2D eigenvalue weighted by Gasteiger charge is -2.21. The van der Waals surface area contributed by atoms with Crippen LogP contribution in [0.5, 0.6) is 0 Å². The molecular formula is C18H21ClF3N5S. The van der Waals surface area contributed by atoms with E-state index in [0.717, 1.165) is 31.6 Å². The number of alkyl halides is 3. The quantitative estimate of drug-likeness (QED) is 0.558. The van der Waals surface area contributed by atoms with Crippen molar-refractivity contribution >= 4 is 34.7 Å². The van der Waals surface area contributed by atoms with Crippen LogP contribution in [0.3, 0.4) is 0 Å². The molecular weight excluding hydrogens is 411 g/mol. The van der Waals surface area contributed by atoms with Crippen LogP contribution in [0.1, 0.15) is 16.9 Å². The maximum Gasteiger partial charge on any atom is 0.417 e. The van der Waals surface area contributed by atoms with Crippen molar-refractivity contribution in [2.24, 2.45) is 4.99 Å².